The zero-order valence-corrected chi connectivity index (χ0v) is 12.7. The van der Waals surface area contributed by atoms with E-state index < -0.39 is 6.04 Å². The summed E-state index contributed by atoms with van der Waals surface area (Å²) in [6.45, 7) is 3.70. The summed E-state index contributed by atoms with van der Waals surface area (Å²) in [4.78, 5) is 0. The summed E-state index contributed by atoms with van der Waals surface area (Å²) in [6.07, 6.45) is 0. The second-order valence-electron chi connectivity index (χ2n) is 4.78. The summed E-state index contributed by atoms with van der Waals surface area (Å²) in [6, 6.07) is 7.95. The third-order valence-electron chi connectivity index (χ3n) is 3.15. The molecular weight excluding hydrogens is 298 g/mol. The number of rotatable bonds is 3. The van der Waals surface area contributed by atoms with Crippen LogP contribution in [-0.2, 0) is 0 Å². The Kier molecular flexibility index (Phi) is 4.66. The monoisotopic (exact) mass is 312 g/mol. The molecule has 5 heteroatoms. The van der Waals surface area contributed by atoms with E-state index in [0.29, 0.717) is 15.6 Å². The van der Waals surface area contributed by atoms with Crippen LogP contribution in [0, 0.1) is 19.7 Å². The van der Waals surface area contributed by atoms with Crippen molar-refractivity contribution in [2.45, 2.75) is 19.9 Å². The van der Waals surface area contributed by atoms with Crippen LogP contribution in [0.4, 0.5) is 4.39 Å². The summed E-state index contributed by atoms with van der Waals surface area (Å²) in [5.74, 6) is 5.31. The van der Waals surface area contributed by atoms with Crippen LogP contribution >= 0.6 is 23.2 Å². The predicted molar refractivity (Wildman–Crippen MR) is 81.5 cm³/mol. The van der Waals surface area contributed by atoms with Gasteiger partial charge in [0.05, 0.1) is 6.04 Å². The highest BCUT2D eigenvalue weighted by atomic mass is 35.5. The van der Waals surface area contributed by atoms with E-state index in [4.69, 9.17) is 29.0 Å². The van der Waals surface area contributed by atoms with E-state index in [2.05, 4.69) is 5.43 Å². The number of hydrazine groups is 1. The number of benzene rings is 2. The molecular formula is C15H15Cl2FN2. The molecule has 3 N–H and O–H groups in total. The van der Waals surface area contributed by atoms with Gasteiger partial charge in [-0.3, -0.25) is 5.84 Å². The molecule has 106 valence electrons. The molecule has 0 spiro atoms. The van der Waals surface area contributed by atoms with Crippen molar-refractivity contribution in [3.63, 3.8) is 0 Å². The van der Waals surface area contributed by atoms with Crippen LogP contribution < -0.4 is 11.3 Å². The molecule has 0 bridgehead atoms. The number of halogens is 3. The molecule has 0 fully saturated rings. The summed E-state index contributed by atoms with van der Waals surface area (Å²) < 4.78 is 14.3. The fraction of sp³-hybridized carbons (Fsp3) is 0.200. The van der Waals surface area contributed by atoms with Gasteiger partial charge in [0.25, 0.3) is 0 Å². The van der Waals surface area contributed by atoms with Crippen molar-refractivity contribution in [1.82, 2.24) is 5.43 Å². The van der Waals surface area contributed by atoms with Crippen molar-refractivity contribution in [2.75, 3.05) is 0 Å². The first-order valence-electron chi connectivity index (χ1n) is 6.11. The lowest BCUT2D eigenvalue weighted by atomic mass is 9.93. The van der Waals surface area contributed by atoms with Crippen LogP contribution in [0.15, 0.2) is 30.3 Å². The molecule has 0 saturated heterocycles. The minimum Gasteiger partial charge on any atom is -0.271 e. The first-order chi connectivity index (χ1) is 9.42. The largest absolute Gasteiger partial charge is 0.271 e. The van der Waals surface area contributed by atoms with Gasteiger partial charge in [-0.25, -0.2) is 9.82 Å². The van der Waals surface area contributed by atoms with Crippen LogP contribution in [0.5, 0.6) is 0 Å². The van der Waals surface area contributed by atoms with E-state index in [-0.39, 0.29) is 5.82 Å². The Morgan fingerprint density at radius 2 is 1.65 bits per heavy atom. The Morgan fingerprint density at radius 1 is 1.05 bits per heavy atom. The van der Waals surface area contributed by atoms with Crippen molar-refractivity contribution in [3.8, 4) is 0 Å². The molecule has 0 saturated carbocycles. The molecule has 2 nitrogen and oxygen atoms in total. The zero-order chi connectivity index (χ0) is 14.9. The minimum atomic E-state index is -0.508. The molecule has 2 rings (SSSR count). The van der Waals surface area contributed by atoms with Crippen molar-refractivity contribution in [3.05, 3.63) is 68.4 Å². The van der Waals surface area contributed by atoms with Crippen LogP contribution in [0.3, 0.4) is 0 Å². The van der Waals surface area contributed by atoms with Gasteiger partial charge in [-0.2, -0.15) is 0 Å². The molecule has 0 aromatic heterocycles. The average Bonchev–Trinajstić information content (AvgIpc) is 2.32. The van der Waals surface area contributed by atoms with Crippen LogP contribution in [-0.4, -0.2) is 0 Å². The van der Waals surface area contributed by atoms with Gasteiger partial charge in [0, 0.05) is 15.6 Å². The smallest absolute Gasteiger partial charge is 0.128 e. The summed E-state index contributed by atoms with van der Waals surface area (Å²) >= 11 is 12.0. The first kappa shape index (κ1) is 15.3. The first-order valence-corrected chi connectivity index (χ1v) is 6.86. The zero-order valence-electron chi connectivity index (χ0n) is 11.2. The highest BCUT2D eigenvalue weighted by Crippen LogP contribution is 2.31. The summed E-state index contributed by atoms with van der Waals surface area (Å²) in [7, 11) is 0. The number of hydrogen-bond acceptors (Lipinski definition) is 2. The van der Waals surface area contributed by atoms with Crippen molar-refractivity contribution in [1.29, 1.82) is 0 Å². The maximum absolute atomic E-state index is 14.3. The third kappa shape index (κ3) is 3.13. The predicted octanol–water partition coefficient (Wildman–Crippen LogP) is 4.30. The molecule has 0 aliphatic carbocycles. The molecule has 1 unspecified atom stereocenters. The van der Waals surface area contributed by atoms with E-state index >= 15 is 0 Å². The Morgan fingerprint density at radius 3 is 2.15 bits per heavy atom. The van der Waals surface area contributed by atoms with Crippen LogP contribution in [0.2, 0.25) is 10.0 Å². The fourth-order valence-corrected chi connectivity index (χ4v) is 2.92. The second kappa shape index (κ2) is 6.10. The fourth-order valence-electron chi connectivity index (χ4n) is 2.38. The maximum Gasteiger partial charge on any atom is 0.128 e. The number of aryl methyl sites for hydroxylation is 2. The lowest BCUT2D eigenvalue weighted by molar-refractivity contribution is 0.556. The second-order valence-corrected chi connectivity index (χ2v) is 5.65. The molecule has 1 atom stereocenters. The van der Waals surface area contributed by atoms with Gasteiger partial charge in [-0.1, -0.05) is 29.3 Å². The molecule has 20 heavy (non-hydrogen) atoms. The Labute approximate surface area is 127 Å². The Hall–Kier alpha value is -1.13. The van der Waals surface area contributed by atoms with E-state index in [1.54, 1.807) is 18.2 Å². The molecule has 0 aliphatic heterocycles. The molecule has 0 amide bonds. The van der Waals surface area contributed by atoms with E-state index in [1.807, 2.05) is 19.9 Å². The SMILES string of the molecule is Cc1cc(C)c(C(NN)c2cc(Cl)cc(Cl)c2)c(F)c1. The lowest BCUT2D eigenvalue weighted by Crippen LogP contribution is -2.30. The molecule has 0 heterocycles. The van der Waals surface area contributed by atoms with Gasteiger partial charge in [-0.15, -0.1) is 0 Å². The van der Waals surface area contributed by atoms with Crippen LogP contribution in [0.25, 0.3) is 0 Å². The highest BCUT2D eigenvalue weighted by molar-refractivity contribution is 6.34. The molecule has 0 radical (unpaired) electrons. The Bertz CT molecular complexity index is 601. The van der Waals surface area contributed by atoms with E-state index in [0.717, 1.165) is 16.7 Å². The normalized spacial score (nSPS) is 12.5. The molecule has 2 aromatic carbocycles. The van der Waals surface area contributed by atoms with Gasteiger partial charge in [0.15, 0.2) is 0 Å². The maximum atomic E-state index is 14.3. The van der Waals surface area contributed by atoms with Crippen molar-refractivity contribution >= 4 is 23.2 Å². The quantitative estimate of drug-likeness (QED) is 0.655. The summed E-state index contributed by atoms with van der Waals surface area (Å²) in [5, 5.41) is 0.968. The summed E-state index contributed by atoms with van der Waals surface area (Å²) in [5.41, 5.74) is 5.53. The van der Waals surface area contributed by atoms with Crippen molar-refractivity contribution < 1.29 is 4.39 Å². The molecule has 2 aromatic rings. The lowest BCUT2D eigenvalue weighted by Gasteiger charge is -2.21. The number of nitrogens with two attached hydrogens (primary N) is 1. The van der Waals surface area contributed by atoms with E-state index in [9.17, 15) is 4.39 Å². The standard InChI is InChI=1S/C15H15Cl2FN2/c1-8-3-9(2)14(13(18)4-8)15(20-19)10-5-11(16)7-12(17)6-10/h3-7,15,20H,19H2,1-2H3. The topological polar surface area (TPSA) is 38.0 Å². The van der Waals surface area contributed by atoms with Gasteiger partial charge >= 0.3 is 0 Å². The van der Waals surface area contributed by atoms with Crippen molar-refractivity contribution in [2.24, 2.45) is 5.84 Å². The minimum absolute atomic E-state index is 0.304. The Balaban J connectivity index is 2.58. The van der Waals surface area contributed by atoms with E-state index in [1.165, 1.54) is 6.07 Å². The van der Waals surface area contributed by atoms with Gasteiger partial charge in [0.2, 0.25) is 0 Å². The van der Waals surface area contributed by atoms with Gasteiger partial charge < -0.3 is 0 Å². The molecule has 0 aliphatic rings. The van der Waals surface area contributed by atoms with Crippen LogP contribution in [0.1, 0.15) is 28.3 Å². The average molecular weight is 313 g/mol. The number of hydrogen-bond donors (Lipinski definition) is 2. The highest BCUT2D eigenvalue weighted by Gasteiger charge is 2.20. The van der Waals surface area contributed by atoms with Gasteiger partial charge in [0.1, 0.15) is 5.82 Å². The third-order valence-corrected chi connectivity index (χ3v) is 3.59. The van der Waals surface area contributed by atoms with Gasteiger partial charge in [-0.05, 0) is 54.8 Å². The number of nitrogens with one attached hydrogen (secondary N) is 1.